The zero-order valence-electron chi connectivity index (χ0n) is 22.9. The van der Waals surface area contributed by atoms with Gasteiger partial charge in [0.1, 0.15) is 5.82 Å². The van der Waals surface area contributed by atoms with Crippen LogP contribution in [0.15, 0.2) is 66.7 Å². The Morgan fingerprint density at radius 2 is 1.60 bits per heavy atom. The first-order valence-electron chi connectivity index (χ1n) is 13.5. The number of nitrogens with one attached hydrogen (secondary N) is 3. The van der Waals surface area contributed by atoms with E-state index in [1.165, 1.54) is 29.2 Å². The Balaban J connectivity index is 1.48. The lowest BCUT2D eigenvalue weighted by molar-refractivity contribution is -0.137. The normalized spacial score (nSPS) is 13.7. The minimum atomic E-state index is -4.53. The first kappa shape index (κ1) is 30.4. The smallest absolute Gasteiger partial charge is 0.369 e. The molecule has 0 saturated carbocycles. The monoisotopic (exact) mass is 585 g/mol. The fourth-order valence-electron chi connectivity index (χ4n) is 4.54. The van der Waals surface area contributed by atoms with E-state index in [0.717, 1.165) is 12.1 Å². The van der Waals surface area contributed by atoms with Crippen LogP contribution in [0.1, 0.15) is 41.3 Å². The van der Waals surface area contributed by atoms with Gasteiger partial charge in [-0.2, -0.15) is 13.2 Å². The molecule has 1 aliphatic heterocycles. The topological polar surface area (TPSA) is 93.8 Å². The van der Waals surface area contributed by atoms with Gasteiger partial charge in [-0.05, 0) is 60.5 Å². The Hall–Kier alpha value is -4.61. The van der Waals surface area contributed by atoms with Gasteiger partial charge in [0, 0.05) is 56.2 Å². The van der Waals surface area contributed by atoms with E-state index in [-0.39, 0.29) is 36.9 Å². The van der Waals surface area contributed by atoms with Crippen molar-refractivity contribution in [2.45, 2.75) is 32.5 Å². The summed E-state index contributed by atoms with van der Waals surface area (Å²) >= 11 is 0. The van der Waals surface area contributed by atoms with Crippen molar-refractivity contribution in [2.24, 2.45) is 0 Å². The molecule has 3 N–H and O–H groups in total. The van der Waals surface area contributed by atoms with Gasteiger partial charge in [-0.3, -0.25) is 9.59 Å². The van der Waals surface area contributed by atoms with Gasteiger partial charge in [-0.25, -0.2) is 9.18 Å². The van der Waals surface area contributed by atoms with E-state index in [2.05, 4.69) is 16.0 Å². The molecule has 1 aliphatic rings. The average Bonchev–Trinajstić information content (AvgIpc) is 3.23. The lowest BCUT2D eigenvalue weighted by atomic mass is 10.1. The summed E-state index contributed by atoms with van der Waals surface area (Å²) in [5, 5.41) is 8.14. The molecule has 42 heavy (non-hydrogen) atoms. The lowest BCUT2D eigenvalue weighted by Crippen LogP contribution is -2.38. The zero-order valence-corrected chi connectivity index (χ0v) is 22.9. The molecule has 4 amide bonds. The fourth-order valence-corrected chi connectivity index (χ4v) is 4.54. The maximum atomic E-state index is 13.3. The number of alkyl halides is 3. The summed E-state index contributed by atoms with van der Waals surface area (Å²) < 4.78 is 52.5. The quantitative estimate of drug-likeness (QED) is 0.303. The second-order valence-corrected chi connectivity index (χ2v) is 9.78. The Bertz CT molecular complexity index is 1430. The number of amides is 4. The SMILES string of the molecule is CCC(=O)Nc1ccc(N2CCCN(C(=O)Nc3cccc(C(F)(F)F)c3)CC2)c(C(=O)NCc2ccc(F)cc2)c1. The Labute approximate surface area is 240 Å². The van der Waals surface area contributed by atoms with Crippen LogP contribution in [0.5, 0.6) is 0 Å². The maximum Gasteiger partial charge on any atom is 0.416 e. The number of halogens is 4. The molecule has 0 aromatic heterocycles. The summed E-state index contributed by atoms with van der Waals surface area (Å²) in [7, 11) is 0. The van der Waals surface area contributed by atoms with Crippen molar-refractivity contribution in [1.82, 2.24) is 10.2 Å². The van der Waals surface area contributed by atoms with E-state index in [1.54, 1.807) is 37.3 Å². The van der Waals surface area contributed by atoms with Crippen LogP contribution in [0.3, 0.4) is 0 Å². The largest absolute Gasteiger partial charge is 0.416 e. The highest BCUT2D eigenvalue weighted by molar-refractivity contribution is 6.02. The fraction of sp³-hybridized carbons (Fsp3) is 0.300. The molecule has 3 aromatic rings. The summed E-state index contributed by atoms with van der Waals surface area (Å²) in [5.74, 6) is -0.992. The van der Waals surface area contributed by atoms with Crippen molar-refractivity contribution in [3.8, 4) is 0 Å². The van der Waals surface area contributed by atoms with Gasteiger partial charge >= 0.3 is 12.2 Å². The van der Waals surface area contributed by atoms with Gasteiger partial charge in [0.15, 0.2) is 0 Å². The third-order valence-corrected chi connectivity index (χ3v) is 6.78. The van der Waals surface area contributed by atoms with Crippen molar-refractivity contribution >= 4 is 34.9 Å². The molecule has 0 bridgehead atoms. The molecular weight excluding hydrogens is 554 g/mol. The van der Waals surface area contributed by atoms with Crippen LogP contribution in [-0.2, 0) is 17.5 Å². The Kier molecular flexibility index (Phi) is 9.66. The van der Waals surface area contributed by atoms with Gasteiger partial charge in [0.05, 0.1) is 11.1 Å². The molecule has 0 aliphatic carbocycles. The van der Waals surface area contributed by atoms with Crippen molar-refractivity contribution in [1.29, 1.82) is 0 Å². The molecular formula is C30H31F4N5O3. The van der Waals surface area contributed by atoms with E-state index in [4.69, 9.17) is 0 Å². The molecule has 0 spiro atoms. The molecule has 1 fully saturated rings. The second-order valence-electron chi connectivity index (χ2n) is 9.78. The van der Waals surface area contributed by atoms with Gasteiger partial charge in [-0.1, -0.05) is 25.1 Å². The Morgan fingerprint density at radius 1 is 0.857 bits per heavy atom. The van der Waals surface area contributed by atoms with Crippen molar-refractivity contribution in [3.63, 3.8) is 0 Å². The summed E-state index contributed by atoms with van der Waals surface area (Å²) in [6.45, 7) is 3.36. The minimum Gasteiger partial charge on any atom is -0.369 e. The molecule has 8 nitrogen and oxygen atoms in total. The van der Waals surface area contributed by atoms with Crippen molar-refractivity contribution < 1.29 is 31.9 Å². The molecule has 222 valence electrons. The van der Waals surface area contributed by atoms with E-state index in [9.17, 15) is 31.9 Å². The van der Waals surface area contributed by atoms with Gasteiger partial charge < -0.3 is 25.8 Å². The number of rotatable bonds is 7. The molecule has 1 heterocycles. The van der Waals surface area contributed by atoms with Crippen LogP contribution in [-0.4, -0.2) is 48.9 Å². The van der Waals surface area contributed by atoms with Gasteiger partial charge in [-0.15, -0.1) is 0 Å². The predicted octanol–water partition coefficient (Wildman–Crippen LogP) is 5.87. The summed E-state index contributed by atoms with van der Waals surface area (Å²) in [5.41, 5.74) is 1.26. The van der Waals surface area contributed by atoms with E-state index >= 15 is 0 Å². The van der Waals surface area contributed by atoms with Crippen molar-refractivity contribution in [3.05, 3.63) is 89.2 Å². The number of benzene rings is 3. The van der Waals surface area contributed by atoms with Gasteiger partial charge in [0.25, 0.3) is 5.91 Å². The number of hydrogen-bond donors (Lipinski definition) is 3. The molecule has 12 heteroatoms. The number of anilines is 3. The van der Waals surface area contributed by atoms with Gasteiger partial charge in [0.2, 0.25) is 5.91 Å². The van der Waals surface area contributed by atoms with Crippen LogP contribution < -0.4 is 20.9 Å². The van der Waals surface area contributed by atoms with E-state index in [0.29, 0.717) is 48.6 Å². The third-order valence-electron chi connectivity index (χ3n) is 6.78. The predicted molar refractivity (Wildman–Crippen MR) is 152 cm³/mol. The second kappa shape index (κ2) is 13.4. The number of hydrogen-bond acceptors (Lipinski definition) is 4. The van der Waals surface area contributed by atoms with E-state index in [1.807, 2.05) is 4.90 Å². The molecule has 0 radical (unpaired) electrons. The first-order chi connectivity index (χ1) is 20.0. The number of nitrogens with zero attached hydrogens (tertiary/aromatic N) is 2. The van der Waals surface area contributed by atoms with Crippen molar-refractivity contribution in [2.75, 3.05) is 41.7 Å². The highest BCUT2D eigenvalue weighted by Gasteiger charge is 2.31. The number of carbonyl (C=O) groups excluding carboxylic acids is 3. The lowest BCUT2D eigenvalue weighted by Gasteiger charge is -2.26. The van der Waals surface area contributed by atoms with E-state index < -0.39 is 23.7 Å². The molecule has 0 unspecified atom stereocenters. The number of carbonyl (C=O) groups is 3. The molecule has 0 atom stereocenters. The summed E-state index contributed by atoms with van der Waals surface area (Å²) in [4.78, 5) is 41.7. The Morgan fingerprint density at radius 3 is 2.31 bits per heavy atom. The minimum absolute atomic E-state index is 0.0424. The number of urea groups is 1. The summed E-state index contributed by atoms with van der Waals surface area (Å²) in [6, 6.07) is 14.7. The molecule has 4 rings (SSSR count). The summed E-state index contributed by atoms with van der Waals surface area (Å²) in [6.07, 6.45) is -3.72. The van der Waals surface area contributed by atoms with Crippen LogP contribution in [0, 0.1) is 5.82 Å². The average molecular weight is 586 g/mol. The zero-order chi connectivity index (χ0) is 30.3. The third kappa shape index (κ3) is 7.99. The highest BCUT2D eigenvalue weighted by Crippen LogP contribution is 2.31. The van der Waals surface area contributed by atoms with Crippen LogP contribution in [0.4, 0.5) is 39.4 Å². The first-order valence-corrected chi connectivity index (χ1v) is 13.5. The molecule has 1 saturated heterocycles. The van der Waals surface area contributed by atoms with Crippen LogP contribution >= 0.6 is 0 Å². The maximum absolute atomic E-state index is 13.3. The van der Waals surface area contributed by atoms with Crippen LogP contribution in [0.25, 0.3) is 0 Å². The standard InChI is InChI=1S/C30H31F4N5O3/c1-2-27(40)36-24-11-12-26(25(18-24)28(41)35-19-20-7-9-22(31)10-8-20)38-13-4-14-39(16-15-38)29(42)37-23-6-3-5-21(17-23)30(32,33)34/h3,5-12,17-18H,2,4,13-16,19H2,1H3,(H,35,41)(H,36,40)(H,37,42). The molecule has 3 aromatic carbocycles. The highest BCUT2D eigenvalue weighted by atomic mass is 19.4. The van der Waals surface area contributed by atoms with Crippen LogP contribution in [0.2, 0.25) is 0 Å².